The zero-order valence-electron chi connectivity index (χ0n) is 15.0. The minimum atomic E-state index is -0.356. The van der Waals surface area contributed by atoms with Gasteiger partial charge in [0, 0.05) is 28.7 Å². The van der Waals surface area contributed by atoms with Crippen molar-refractivity contribution in [3.63, 3.8) is 0 Å². The molecule has 0 radical (unpaired) electrons. The predicted molar refractivity (Wildman–Crippen MR) is 104 cm³/mol. The number of nitrogens with one attached hydrogen (secondary N) is 1. The van der Waals surface area contributed by atoms with Gasteiger partial charge in [-0.3, -0.25) is 9.59 Å². The Morgan fingerprint density at radius 1 is 1.19 bits per heavy atom. The van der Waals surface area contributed by atoms with Gasteiger partial charge in [-0.1, -0.05) is 17.7 Å². The smallest absolute Gasteiger partial charge is 0.290 e. The molecule has 1 heterocycles. The maximum absolute atomic E-state index is 12.7. The van der Waals surface area contributed by atoms with Crippen molar-refractivity contribution >= 4 is 40.1 Å². The van der Waals surface area contributed by atoms with Gasteiger partial charge in [-0.05, 0) is 43.3 Å². The van der Waals surface area contributed by atoms with Crippen molar-refractivity contribution in [2.45, 2.75) is 6.92 Å². The minimum absolute atomic E-state index is 0.0929. The number of hydrogen-bond acceptors (Lipinski definition) is 4. The molecule has 1 N–H and O–H groups in total. The van der Waals surface area contributed by atoms with Crippen molar-refractivity contribution in [1.29, 1.82) is 0 Å². The van der Waals surface area contributed by atoms with E-state index in [9.17, 15) is 9.59 Å². The second-order valence-electron chi connectivity index (χ2n) is 5.89. The van der Waals surface area contributed by atoms with Crippen LogP contribution in [0.3, 0.4) is 0 Å². The van der Waals surface area contributed by atoms with Crippen molar-refractivity contribution in [1.82, 2.24) is 4.90 Å². The zero-order valence-corrected chi connectivity index (χ0v) is 15.7. The summed E-state index contributed by atoms with van der Waals surface area (Å²) in [6.07, 6.45) is 0. The number of hydrogen-bond donors (Lipinski definition) is 1. The molecule has 0 atom stereocenters. The van der Waals surface area contributed by atoms with Crippen molar-refractivity contribution in [3.05, 3.63) is 59.3 Å². The Hall–Kier alpha value is -2.99. The highest BCUT2D eigenvalue weighted by molar-refractivity contribution is 6.31. The Bertz CT molecular complexity index is 983. The zero-order chi connectivity index (χ0) is 19.4. The third-order valence-corrected chi connectivity index (χ3v) is 4.28. The molecule has 0 bridgehead atoms. The van der Waals surface area contributed by atoms with Gasteiger partial charge in [0.15, 0.2) is 5.76 Å². The van der Waals surface area contributed by atoms with E-state index in [1.165, 1.54) is 4.90 Å². The van der Waals surface area contributed by atoms with Crippen LogP contribution in [0.1, 0.15) is 17.5 Å². The summed E-state index contributed by atoms with van der Waals surface area (Å²) >= 11 is 5.97. The van der Waals surface area contributed by atoms with Gasteiger partial charge in [-0.25, -0.2) is 0 Å². The van der Waals surface area contributed by atoms with E-state index in [0.717, 1.165) is 5.39 Å². The highest BCUT2D eigenvalue weighted by Crippen LogP contribution is 2.24. The summed E-state index contributed by atoms with van der Waals surface area (Å²) in [4.78, 5) is 26.5. The molecule has 3 aromatic rings. The lowest BCUT2D eigenvalue weighted by Crippen LogP contribution is -2.37. The number of likely N-dealkylation sites (N-methyl/N-ethyl adjacent to an activating group) is 1. The van der Waals surface area contributed by atoms with Crippen LogP contribution in [0.25, 0.3) is 11.0 Å². The second-order valence-corrected chi connectivity index (χ2v) is 6.33. The molecule has 0 saturated heterocycles. The molecule has 7 heteroatoms. The molecule has 0 aliphatic carbocycles. The highest BCUT2D eigenvalue weighted by atomic mass is 35.5. The molecule has 0 spiro atoms. The molecule has 6 nitrogen and oxygen atoms in total. The number of fused-ring (bicyclic) bond motifs is 1. The fourth-order valence-electron chi connectivity index (χ4n) is 2.68. The van der Waals surface area contributed by atoms with Gasteiger partial charge in [-0.15, -0.1) is 0 Å². The van der Waals surface area contributed by atoms with Crippen LogP contribution in [0, 0.1) is 0 Å². The van der Waals surface area contributed by atoms with E-state index in [0.29, 0.717) is 28.6 Å². The fraction of sp³-hybridized carbons (Fsp3) is 0.200. The standard InChI is InChI=1S/C20H19ClN2O4/c1-3-23(12-19(24)22-15-5-4-6-16(11-15)26-2)20(25)18-10-13-9-14(21)7-8-17(13)27-18/h4-11H,3,12H2,1-2H3,(H,22,24). The maximum atomic E-state index is 12.7. The molecule has 0 fully saturated rings. The van der Waals surface area contributed by atoms with Crippen LogP contribution in [0.2, 0.25) is 5.02 Å². The van der Waals surface area contributed by atoms with Crippen molar-refractivity contribution < 1.29 is 18.7 Å². The monoisotopic (exact) mass is 386 g/mol. The summed E-state index contributed by atoms with van der Waals surface area (Å²) < 4.78 is 10.7. The Morgan fingerprint density at radius 3 is 2.74 bits per heavy atom. The lowest BCUT2D eigenvalue weighted by Gasteiger charge is -2.19. The van der Waals surface area contributed by atoms with Crippen molar-refractivity contribution in [3.8, 4) is 5.75 Å². The highest BCUT2D eigenvalue weighted by Gasteiger charge is 2.21. The van der Waals surface area contributed by atoms with Gasteiger partial charge >= 0.3 is 0 Å². The van der Waals surface area contributed by atoms with E-state index >= 15 is 0 Å². The summed E-state index contributed by atoms with van der Waals surface area (Å²) in [7, 11) is 1.55. The fourth-order valence-corrected chi connectivity index (χ4v) is 2.86. The average Bonchev–Trinajstić information content (AvgIpc) is 3.08. The SMILES string of the molecule is CCN(CC(=O)Nc1cccc(OC)c1)C(=O)c1cc2cc(Cl)ccc2o1. The molecule has 1 aromatic heterocycles. The third kappa shape index (κ3) is 4.41. The summed E-state index contributed by atoms with van der Waals surface area (Å²) in [6.45, 7) is 2.07. The van der Waals surface area contributed by atoms with Crippen LogP contribution in [0.4, 0.5) is 5.69 Å². The predicted octanol–water partition coefficient (Wildman–Crippen LogP) is 4.20. The van der Waals surface area contributed by atoms with Crippen molar-refractivity contribution in [2.75, 3.05) is 25.5 Å². The summed E-state index contributed by atoms with van der Waals surface area (Å²) in [6, 6.07) is 13.8. The van der Waals surface area contributed by atoms with Crippen LogP contribution in [-0.2, 0) is 4.79 Å². The van der Waals surface area contributed by atoms with Crippen molar-refractivity contribution in [2.24, 2.45) is 0 Å². The largest absolute Gasteiger partial charge is 0.497 e. The van der Waals surface area contributed by atoms with Gasteiger partial charge in [-0.2, -0.15) is 0 Å². The number of anilines is 1. The molecule has 0 aliphatic rings. The Kier molecular flexibility index (Phi) is 5.66. The van der Waals surface area contributed by atoms with Gasteiger partial charge < -0.3 is 19.4 Å². The Labute approximate surface area is 161 Å². The van der Waals surface area contributed by atoms with Crippen LogP contribution < -0.4 is 10.1 Å². The lowest BCUT2D eigenvalue weighted by atomic mass is 10.2. The molecule has 0 unspecified atom stereocenters. The molecule has 3 rings (SSSR count). The van der Waals surface area contributed by atoms with E-state index in [4.69, 9.17) is 20.8 Å². The van der Waals surface area contributed by atoms with Crippen LogP contribution >= 0.6 is 11.6 Å². The number of benzene rings is 2. The minimum Gasteiger partial charge on any atom is -0.497 e. The quantitative estimate of drug-likeness (QED) is 0.689. The first kappa shape index (κ1) is 18.8. The van der Waals surface area contributed by atoms with E-state index < -0.39 is 0 Å². The topological polar surface area (TPSA) is 71.8 Å². The first-order chi connectivity index (χ1) is 13.0. The second kappa shape index (κ2) is 8.14. The number of carbonyl (C=O) groups excluding carboxylic acids is 2. The van der Waals surface area contributed by atoms with Gasteiger partial charge in [0.05, 0.1) is 7.11 Å². The molecule has 0 aliphatic heterocycles. The number of nitrogens with zero attached hydrogens (tertiary/aromatic N) is 1. The number of furan rings is 1. The molecule has 2 amide bonds. The van der Waals surface area contributed by atoms with Gasteiger partial charge in [0.2, 0.25) is 5.91 Å². The molecular weight excluding hydrogens is 368 g/mol. The lowest BCUT2D eigenvalue weighted by molar-refractivity contribution is -0.116. The number of methoxy groups -OCH3 is 1. The number of ether oxygens (including phenoxy) is 1. The molecule has 0 saturated carbocycles. The van der Waals surface area contributed by atoms with Crippen LogP contribution in [-0.4, -0.2) is 36.9 Å². The first-order valence-electron chi connectivity index (χ1n) is 8.42. The van der Waals surface area contributed by atoms with E-state index in [1.54, 1.807) is 62.6 Å². The first-order valence-corrected chi connectivity index (χ1v) is 8.80. The molecular formula is C20H19ClN2O4. The summed E-state index contributed by atoms with van der Waals surface area (Å²) in [5.74, 6) is 0.142. The van der Waals surface area contributed by atoms with E-state index in [-0.39, 0.29) is 24.1 Å². The Balaban J connectivity index is 1.71. The summed E-state index contributed by atoms with van der Waals surface area (Å²) in [5, 5.41) is 4.06. The molecule has 2 aromatic carbocycles. The number of halogens is 1. The van der Waals surface area contributed by atoms with Crippen LogP contribution in [0.5, 0.6) is 5.75 Å². The molecule has 27 heavy (non-hydrogen) atoms. The molecule has 140 valence electrons. The maximum Gasteiger partial charge on any atom is 0.290 e. The number of rotatable bonds is 6. The summed E-state index contributed by atoms with van der Waals surface area (Å²) in [5.41, 5.74) is 1.17. The van der Waals surface area contributed by atoms with E-state index in [2.05, 4.69) is 5.32 Å². The van der Waals surface area contributed by atoms with Gasteiger partial charge in [0.25, 0.3) is 5.91 Å². The average molecular weight is 387 g/mol. The van der Waals surface area contributed by atoms with Crippen LogP contribution in [0.15, 0.2) is 52.9 Å². The third-order valence-electron chi connectivity index (χ3n) is 4.05. The normalized spacial score (nSPS) is 10.6. The van der Waals surface area contributed by atoms with Gasteiger partial charge in [0.1, 0.15) is 17.9 Å². The Morgan fingerprint density at radius 2 is 2.00 bits per heavy atom. The van der Waals surface area contributed by atoms with E-state index in [1.807, 2.05) is 0 Å². The number of amides is 2. The number of carbonyl (C=O) groups is 2.